The highest BCUT2D eigenvalue weighted by Crippen LogP contribution is 2.28. The number of aromatic amines is 1. The Morgan fingerprint density at radius 3 is 2.73 bits per heavy atom. The third-order valence-corrected chi connectivity index (χ3v) is 4.42. The van der Waals surface area contributed by atoms with Gasteiger partial charge in [0.2, 0.25) is 0 Å². The molecule has 2 aromatic carbocycles. The molecule has 0 saturated carbocycles. The highest BCUT2D eigenvalue weighted by atomic mass is 16.5. The molecule has 0 saturated heterocycles. The minimum Gasteiger partial charge on any atom is -0.504 e. The van der Waals surface area contributed by atoms with Crippen molar-refractivity contribution in [3.8, 4) is 22.8 Å². The molecule has 0 bridgehead atoms. The predicted octanol–water partition coefficient (Wildman–Crippen LogP) is 4.14. The number of carbonyl (C=O) groups excluding carboxylic acids is 1. The number of nitrogens with one attached hydrogen (secondary N) is 2. The Morgan fingerprint density at radius 2 is 2.03 bits per heavy atom. The lowest BCUT2D eigenvalue weighted by Crippen LogP contribution is -2.18. The topological polar surface area (TPSA) is 99.6 Å². The highest BCUT2D eigenvalue weighted by molar-refractivity contribution is 5.94. The summed E-state index contributed by atoms with van der Waals surface area (Å²) in [7, 11) is 0. The molecule has 0 radical (unpaired) electrons. The zero-order valence-electron chi connectivity index (χ0n) is 17.3. The van der Waals surface area contributed by atoms with E-state index in [0.717, 1.165) is 12.0 Å². The lowest BCUT2D eigenvalue weighted by Gasteiger charge is -2.07. The zero-order chi connectivity index (χ0) is 21.5. The molecular formula is C23H26N4O3. The van der Waals surface area contributed by atoms with E-state index in [1.165, 1.54) is 11.8 Å². The Kier molecular flexibility index (Phi) is 6.85. The molecule has 0 unspecified atom stereocenters. The van der Waals surface area contributed by atoms with Gasteiger partial charge in [-0.15, -0.1) is 0 Å². The van der Waals surface area contributed by atoms with Crippen LogP contribution in [0.5, 0.6) is 11.5 Å². The molecule has 0 fully saturated rings. The molecular weight excluding hydrogens is 380 g/mol. The first kappa shape index (κ1) is 21.1. The summed E-state index contributed by atoms with van der Waals surface area (Å²) in [5, 5.41) is 21.0. The normalized spacial score (nSPS) is 11.2. The summed E-state index contributed by atoms with van der Waals surface area (Å²) in [5.74, 6) is 0.509. The molecule has 3 aromatic rings. The maximum Gasteiger partial charge on any atom is 0.289 e. The SMILES string of the molecule is CCOc1cccc(/C=N\NC(=O)c2cc(-c3ccc(CC(C)C)cc3)n[nH]2)c1O. The van der Waals surface area contributed by atoms with Gasteiger partial charge in [-0.05, 0) is 43.0 Å². The van der Waals surface area contributed by atoms with Crippen molar-refractivity contribution in [3.05, 3.63) is 65.4 Å². The Labute approximate surface area is 175 Å². The summed E-state index contributed by atoms with van der Waals surface area (Å²) < 4.78 is 5.33. The number of aromatic nitrogens is 2. The number of benzene rings is 2. The van der Waals surface area contributed by atoms with Gasteiger partial charge in [0, 0.05) is 11.1 Å². The Bertz CT molecular complexity index is 1020. The van der Waals surface area contributed by atoms with Crippen LogP contribution in [-0.4, -0.2) is 34.0 Å². The monoisotopic (exact) mass is 406 g/mol. The first-order chi connectivity index (χ1) is 14.5. The highest BCUT2D eigenvalue weighted by Gasteiger charge is 2.11. The molecule has 30 heavy (non-hydrogen) atoms. The average Bonchev–Trinajstić information content (AvgIpc) is 3.21. The lowest BCUT2D eigenvalue weighted by atomic mass is 10.0. The number of phenolic OH excluding ortho intramolecular Hbond substituents is 1. The van der Waals surface area contributed by atoms with Crippen LogP contribution in [0.2, 0.25) is 0 Å². The summed E-state index contributed by atoms with van der Waals surface area (Å²) >= 11 is 0. The minimum atomic E-state index is -0.429. The number of phenols is 1. The maximum absolute atomic E-state index is 12.3. The van der Waals surface area contributed by atoms with Crippen molar-refractivity contribution >= 4 is 12.1 Å². The van der Waals surface area contributed by atoms with Crippen LogP contribution in [0, 0.1) is 5.92 Å². The van der Waals surface area contributed by atoms with Gasteiger partial charge >= 0.3 is 0 Å². The number of rotatable bonds is 8. The van der Waals surface area contributed by atoms with E-state index in [1.807, 2.05) is 19.1 Å². The van der Waals surface area contributed by atoms with Crippen LogP contribution in [0.4, 0.5) is 0 Å². The number of hydrogen-bond acceptors (Lipinski definition) is 5. The average molecular weight is 406 g/mol. The smallest absolute Gasteiger partial charge is 0.289 e. The molecule has 3 N–H and O–H groups in total. The van der Waals surface area contributed by atoms with Crippen molar-refractivity contribution in [1.82, 2.24) is 15.6 Å². The van der Waals surface area contributed by atoms with Crippen LogP contribution in [-0.2, 0) is 6.42 Å². The molecule has 0 aliphatic rings. The van der Waals surface area contributed by atoms with E-state index < -0.39 is 5.91 Å². The second-order valence-electron chi connectivity index (χ2n) is 7.29. The van der Waals surface area contributed by atoms with Crippen LogP contribution in [0.3, 0.4) is 0 Å². The van der Waals surface area contributed by atoms with E-state index in [4.69, 9.17) is 4.74 Å². The maximum atomic E-state index is 12.3. The van der Waals surface area contributed by atoms with Gasteiger partial charge in [-0.3, -0.25) is 9.89 Å². The number of H-pyrrole nitrogens is 1. The van der Waals surface area contributed by atoms with Gasteiger partial charge in [0.15, 0.2) is 11.5 Å². The fourth-order valence-corrected chi connectivity index (χ4v) is 3.01. The van der Waals surface area contributed by atoms with Crippen molar-refractivity contribution < 1.29 is 14.6 Å². The molecule has 0 atom stereocenters. The standard InChI is InChI=1S/C23H26N4O3/c1-4-30-21-7-5-6-18(22(21)28)14-24-27-23(29)20-13-19(25-26-20)17-10-8-16(9-11-17)12-15(2)3/h5-11,13-15,28H,4,12H2,1-3H3,(H,25,26)(H,27,29)/b24-14-. The number of amides is 1. The third-order valence-electron chi connectivity index (χ3n) is 4.42. The molecule has 1 aromatic heterocycles. The van der Waals surface area contributed by atoms with E-state index in [-0.39, 0.29) is 5.75 Å². The quantitative estimate of drug-likeness (QED) is 0.387. The second-order valence-corrected chi connectivity index (χ2v) is 7.29. The van der Waals surface area contributed by atoms with Gasteiger partial charge < -0.3 is 9.84 Å². The van der Waals surface area contributed by atoms with Gasteiger partial charge in [-0.25, -0.2) is 5.43 Å². The number of para-hydroxylation sites is 1. The Morgan fingerprint density at radius 1 is 1.27 bits per heavy atom. The number of aromatic hydroxyl groups is 1. The van der Waals surface area contributed by atoms with Crippen LogP contribution in [0.25, 0.3) is 11.3 Å². The number of carbonyl (C=O) groups is 1. The van der Waals surface area contributed by atoms with Crippen LogP contribution in [0.15, 0.2) is 53.6 Å². The summed E-state index contributed by atoms with van der Waals surface area (Å²) in [5.41, 5.74) is 6.04. The van der Waals surface area contributed by atoms with E-state index in [1.54, 1.807) is 24.3 Å². The molecule has 0 aliphatic heterocycles. The lowest BCUT2D eigenvalue weighted by molar-refractivity contribution is 0.0950. The van der Waals surface area contributed by atoms with Crippen molar-refractivity contribution in [2.45, 2.75) is 27.2 Å². The van der Waals surface area contributed by atoms with Crippen LogP contribution in [0.1, 0.15) is 42.4 Å². The van der Waals surface area contributed by atoms with Crippen molar-refractivity contribution in [2.75, 3.05) is 6.61 Å². The predicted molar refractivity (Wildman–Crippen MR) is 117 cm³/mol. The molecule has 1 amide bonds. The second kappa shape index (κ2) is 9.73. The molecule has 0 spiro atoms. The van der Waals surface area contributed by atoms with Gasteiger partial charge in [-0.1, -0.05) is 44.2 Å². The van der Waals surface area contributed by atoms with E-state index in [9.17, 15) is 9.90 Å². The largest absolute Gasteiger partial charge is 0.504 e. The molecule has 7 nitrogen and oxygen atoms in total. The number of hydrazone groups is 1. The summed E-state index contributed by atoms with van der Waals surface area (Å²) in [6.45, 7) is 6.64. The Balaban J connectivity index is 1.64. The first-order valence-corrected chi connectivity index (χ1v) is 9.90. The first-order valence-electron chi connectivity index (χ1n) is 9.90. The van der Waals surface area contributed by atoms with E-state index >= 15 is 0 Å². The van der Waals surface area contributed by atoms with Gasteiger partial charge in [0.25, 0.3) is 5.91 Å². The number of ether oxygens (including phenoxy) is 1. The van der Waals surface area contributed by atoms with Gasteiger partial charge in [0.05, 0.1) is 18.5 Å². The third kappa shape index (κ3) is 5.26. The molecule has 3 rings (SSSR count). The van der Waals surface area contributed by atoms with Crippen molar-refractivity contribution in [3.63, 3.8) is 0 Å². The molecule has 1 heterocycles. The fourth-order valence-electron chi connectivity index (χ4n) is 3.01. The van der Waals surface area contributed by atoms with Gasteiger partial charge in [0.1, 0.15) is 5.69 Å². The molecule has 0 aliphatic carbocycles. The number of nitrogens with zero attached hydrogens (tertiary/aromatic N) is 2. The Hall–Kier alpha value is -3.61. The van der Waals surface area contributed by atoms with Crippen LogP contribution >= 0.6 is 0 Å². The summed E-state index contributed by atoms with van der Waals surface area (Å²) in [6.07, 6.45) is 2.38. The fraction of sp³-hybridized carbons (Fsp3) is 0.261. The molecule has 156 valence electrons. The van der Waals surface area contributed by atoms with E-state index in [2.05, 4.69) is 46.7 Å². The zero-order valence-corrected chi connectivity index (χ0v) is 17.3. The van der Waals surface area contributed by atoms with E-state index in [0.29, 0.717) is 35.2 Å². The van der Waals surface area contributed by atoms with Crippen LogP contribution < -0.4 is 10.2 Å². The summed E-state index contributed by atoms with van der Waals surface area (Å²) in [4.78, 5) is 12.3. The number of hydrogen-bond donors (Lipinski definition) is 3. The molecule has 7 heteroatoms. The van der Waals surface area contributed by atoms with Gasteiger partial charge in [-0.2, -0.15) is 10.2 Å². The summed E-state index contributed by atoms with van der Waals surface area (Å²) in [6, 6.07) is 14.9. The minimum absolute atomic E-state index is 0.0258. The van der Waals surface area contributed by atoms with Crippen molar-refractivity contribution in [1.29, 1.82) is 0 Å². The van der Waals surface area contributed by atoms with Crippen molar-refractivity contribution in [2.24, 2.45) is 11.0 Å².